The lowest BCUT2D eigenvalue weighted by atomic mass is 9.81. The SMILES string of the molecule is CC1(C)c2ccccc2-c2ccc(-c3cc4c5cc(-c6ccc(N(c7ccccc7)c7ccc(-c8cccc9ccccc89)cc7)cc6)ccc5oc4c4ccccc34)cc21. The van der Waals surface area contributed by atoms with E-state index in [0.29, 0.717) is 0 Å². The van der Waals surface area contributed by atoms with Crippen LogP contribution in [0, 0.1) is 0 Å². The third kappa shape index (κ3) is 5.64. The summed E-state index contributed by atoms with van der Waals surface area (Å²) < 4.78 is 6.70. The lowest BCUT2D eigenvalue weighted by molar-refractivity contribution is 0.660. The summed E-state index contributed by atoms with van der Waals surface area (Å²) in [6.07, 6.45) is 0. The van der Waals surface area contributed by atoms with E-state index in [1.807, 2.05) is 0 Å². The van der Waals surface area contributed by atoms with E-state index in [9.17, 15) is 0 Å². The van der Waals surface area contributed by atoms with Crippen molar-refractivity contribution in [1.82, 2.24) is 0 Å². The normalized spacial score (nSPS) is 12.9. The minimum absolute atomic E-state index is 0.0739. The standard InChI is InChI=1S/C59H41NO/c1-59(2)55-22-11-10-19-49(55)50-33-27-42(36-56(50)59)52-37-54-53-35-41(28-34-57(53)61-58(54)51-20-9-8-18-48(51)52)38-23-29-44(30-24-38)60(43-15-4-3-5-16-43)45-31-25-40(26-32-45)47-21-12-14-39-13-6-7-17-46(39)47/h3-37H,1-2H3. The third-order valence-electron chi connectivity index (χ3n) is 13.1. The molecule has 11 aromatic rings. The molecule has 1 aromatic heterocycles. The molecule has 288 valence electrons. The van der Waals surface area contributed by atoms with Crippen molar-refractivity contribution in [3.8, 4) is 44.5 Å². The largest absolute Gasteiger partial charge is 0.455 e. The topological polar surface area (TPSA) is 16.4 Å². The van der Waals surface area contributed by atoms with Crippen LogP contribution in [0.4, 0.5) is 17.1 Å². The first-order valence-corrected chi connectivity index (χ1v) is 21.2. The summed E-state index contributed by atoms with van der Waals surface area (Å²) in [4.78, 5) is 2.33. The zero-order valence-electron chi connectivity index (χ0n) is 34.1. The van der Waals surface area contributed by atoms with E-state index in [2.05, 4.69) is 231 Å². The minimum Gasteiger partial charge on any atom is -0.455 e. The number of benzene rings is 10. The molecular formula is C59H41NO. The molecule has 10 aromatic carbocycles. The van der Waals surface area contributed by atoms with E-state index in [-0.39, 0.29) is 5.41 Å². The molecule has 1 aliphatic rings. The molecule has 1 aliphatic carbocycles. The average Bonchev–Trinajstić information content (AvgIpc) is 3.80. The molecular weight excluding hydrogens is 739 g/mol. The molecule has 2 nitrogen and oxygen atoms in total. The predicted molar refractivity (Wildman–Crippen MR) is 257 cm³/mol. The van der Waals surface area contributed by atoms with E-state index in [1.54, 1.807) is 0 Å². The monoisotopic (exact) mass is 779 g/mol. The van der Waals surface area contributed by atoms with Gasteiger partial charge in [-0.15, -0.1) is 0 Å². The molecule has 0 saturated carbocycles. The summed E-state index contributed by atoms with van der Waals surface area (Å²) in [5, 5.41) is 7.09. The summed E-state index contributed by atoms with van der Waals surface area (Å²) >= 11 is 0. The van der Waals surface area contributed by atoms with Crippen molar-refractivity contribution < 1.29 is 4.42 Å². The van der Waals surface area contributed by atoms with Gasteiger partial charge in [0.15, 0.2) is 0 Å². The molecule has 0 unspecified atom stereocenters. The molecule has 2 heteroatoms. The molecule has 1 heterocycles. The first kappa shape index (κ1) is 35.3. The zero-order valence-corrected chi connectivity index (χ0v) is 34.1. The van der Waals surface area contributed by atoms with Crippen molar-refractivity contribution in [2.24, 2.45) is 0 Å². The Balaban J connectivity index is 0.925. The molecule has 0 radical (unpaired) electrons. The van der Waals surface area contributed by atoms with E-state index in [1.165, 1.54) is 60.7 Å². The van der Waals surface area contributed by atoms with Crippen molar-refractivity contribution in [1.29, 1.82) is 0 Å². The molecule has 0 saturated heterocycles. The van der Waals surface area contributed by atoms with Gasteiger partial charge in [-0.2, -0.15) is 0 Å². The third-order valence-corrected chi connectivity index (χ3v) is 13.1. The number of anilines is 3. The highest BCUT2D eigenvalue weighted by Gasteiger charge is 2.35. The van der Waals surface area contributed by atoms with Crippen LogP contribution in [0.15, 0.2) is 217 Å². The second-order valence-electron chi connectivity index (χ2n) is 16.9. The number of hydrogen-bond donors (Lipinski definition) is 0. The number of para-hydroxylation sites is 1. The Morgan fingerprint density at radius 3 is 1.74 bits per heavy atom. The van der Waals surface area contributed by atoms with Crippen molar-refractivity contribution in [3.63, 3.8) is 0 Å². The lowest BCUT2D eigenvalue weighted by Crippen LogP contribution is -2.14. The highest BCUT2D eigenvalue weighted by molar-refractivity contribution is 6.19. The maximum atomic E-state index is 6.70. The maximum absolute atomic E-state index is 6.70. The molecule has 0 N–H and O–H groups in total. The smallest absolute Gasteiger partial charge is 0.143 e. The number of nitrogens with zero attached hydrogens (tertiary/aromatic N) is 1. The predicted octanol–water partition coefficient (Wildman–Crippen LogP) is 16.7. The fraction of sp³-hybridized carbons (Fsp3) is 0.0508. The fourth-order valence-electron chi connectivity index (χ4n) is 9.98. The number of furan rings is 1. The van der Waals surface area contributed by atoms with Crippen LogP contribution < -0.4 is 4.90 Å². The Bertz CT molecular complexity index is 3480. The van der Waals surface area contributed by atoms with Gasteiger partial charge in [-0.1, -0.05) is 166 Å². The van der Waals surface area contributed by atoms with Crippen LogP contribution in [-0.4, -0.2) is 0 Å². The van der Waals surface area contributed by atoms with Gasteiger partial charge in [0.1, 0.15) is 11.2 Å². The summed E-state index contributed by atoms with van der Waals surface area (Å²) in [7, 11) is 0. The Labute approximate surface area is 355 Å². The zero-order chi connectivity index (χ0) is 40.7. The first-order valence-electron chi connectivity index (χ1n) is 21.2. The summed E-state index contributed by atoms with van der Waals surface area (Å²) in [6.45, 7) is 4.70. The molecule has 12 rings (SSSR count). The minimum atomic E-state index is -0.0739. The maximum Gasteiger partial charge on any atom is 0.143 e. The van der Waals surface area contributed by atoms with Crippen molar-refractivity contribution in [2.75, 3.05) is 4.90 Å². The lowest BCUT2D eigenvalue weighted by Gasteiger charge is -2.26. The average molecular weight is 780 g/mol. The molecule has 0 bridgehead atoms. The Morgan fingerprint density at radius 2 is 0.934 bits per heavy atom. The van der Waals surface area contributed by atoms with Gasteiger partial charge in [0.05, 0.1) is 0 Å². The Kier molecular flexibility index (Phi) is 7.92. The van der Waals surface area contributed by atoms with Gasteiger partial charge >= 0.3 is 0 Å². The quantitative estimate of drug-likeness (QED) is 0.167. The van der Waals surface area contributed by atoms with Crippen molar-refractivity contribution >= 4 is 60.5 Å². The van der Waals surface area contributed by atoms with Crippen LogP contribution in [0.2, 0.25) is 0 Å². The highest BCUT2D eigenvalue weighted by Crippen LogP contribution is 2.50. The van der Waals surface area contributed by atoms with Crippen LogP contribution in [-0.2, 0) is 5.41 Å². The molecule has 0 atom stereocenters. The van der Waals surface area contributed by atoms with E-state index in [4.69, 9.17) is 4.42 Å². The van der Waals surface area contributed by atoms with Crippen LogP contribution >= 0.6 is 0 Å². The van der Waals surface area contributed by atoms with Crippen LogP contribution in [0.1, 0.15) is 25.0 Å². The number of hydrogen-bond acceptors (Lipinski definition) is 2. The van der Waals surface area contributed by atoms with Crippen LogP contribution in [0.25, 0.3) is 88.0 Å². The van der Waals surface area contributed by atoms with E-state index in [0.717, 1.165) is 55.5 Å². The summed E-state index contributed by atoms with van der Waals surface area (Å²) in [5.74, 6) is 0. The fourth-order valence-corrected chi connectivity index (χ4v) is 9.98. The van der Waals surface area contributed by atoms with E-state index < -0.39 is 0 Å². The number of rotatable bonds is 6. The second kappa shape index (κ2) is 13.7. The van der Waals surface area contributed by atoms with Gasteiger partial charge in [-0.25, -0.2) is 0 Å². The first-order chi connectivity index (χ1) is 30.0. The van der Waals surface area contributed by atoms with Gasteiger partial charge in [0, 0.05) is 38.6 Å². The molecule has 0 spiro atoms. The molecule has 0 aliphatic heterocycles. The Morgan fingerprint density at radius 1 is 0.344 bits per heavy atom. The van der Waals surface area contributed by atoms with Gasteiger partial charge in [0.2, 0.25) is 0 Å². The van der Waals surface area contributed by atoms with Gasteiger partial charge in [-0.05, 0) is 132 Å². The Hall–Kier alpha value is -7.68. The van der Waals surface area contributed by atoms with Crippen LogP contribution in [0.3, 0.4) is 0 Å². The second-order valence-corrected chi connectivity index (χ2v) is 16.9. The molecule has 0 amide bonds. The van der Waals surface area contributed by atoms with Crippen LogP contribution in [0.5, 0.6) is 0 Å². The van der Waals surface area contributed by atoms with Crippen molar-refractivity contribution in [2.45, 2.75) is 19.3 Å². The summed E-state index contributed by atoms with van der Waals surface area (Å²) in [5.41, 5.74) is 17.7. The summed E-state index contributed by atoms with van der Waals surface area (Å²) in [6, 6.07) is 77.2. The van der Waals surface area contributed by atoms with Gasteiger partial charge < -0.3 is 9.32 Å². The number of fused-ring (bicyclic) bond motifs is 9. The molecule has 61 heavy (non-hydrogen) atoms. The van der Waals surface area contributed by atoms with E-state index >= 15 is 0 Å². The molecule has 0 fully saturated rings. The van der Waals surface area contributed by atoms with Crippen molar-refractivity contribution in [3.05, 3.63) is 223 Å². The van der Waals surface area contributed by atoms with Gasteiger partial charge in [0.25, 0.3) is 0 Å². The highest BCUT2D eigenvalue weighted by atomic mass is 16.3. The van der Waals surface area contributed by atoms with Gasteiger partial charge in [-0.3, -0.25) is 0 Å².